The molecule has 2 aromatic heterocycles. The molecule has 0 spiro atoms. The summed E-state index contributed by atoms with van der Waals surface area (Å²) in [6.45, 7) is 3.81. The van der Waals surface area contributed by atoms with E-state index in [-0.39, 0.29) is 5.56 Å². The topological polar surface area (TPSA) is 56.7 Å². The zero-order valence-corrected chi connectivity index (χ0v) is 20.4. The van der Waals surface area contributed by atoms with E-state index in [1.165, 1.54) is 18.4 Å². The van der Waals surface area contributed by atoms with E-state index in [9.17, 15) is 4.79 Å². The molecule has 34 heavy (non-hydrogen) atoms. The number of rotatable bonds is 8. The highest BCUT2D eigenvalue weighted by molar-refractivity contribution is 7.71. The van der Waals surface area contributed by atoms with Gasteiger partial charge in [0.05, 0.1) is 17.6 Å². The van der Waals surface area contributed by atoms with Crippen LogP contribution in [0.25, 0.3) is 16.7 Å². The fraction of sp³-hybridized carbons (Fsp3) is 0.423. The molecule has 4 aromatic rings. The number of para-hydroxylation sites is 1. The van der Waals surface area contributed by atoms with Crippen molar-refractivity contribution in [1.29, 1.82) is 0 Å². The van der Waals surface area contributed by atoms with E-state index in [1.807, 2.05) is 33.3 Å². The van der Waals surface area contributed by atoms with Gasteiger partial charge in [0.15, 0.2) is 0 Å². The number of aryl methyl sites for hydroxylation is 1. The van der Waals surface area contributed by atoms with Crippen molar-refractivity contribution in [1.82, 2.24) is 23.6 Å². The smallest absolute Gasteiger partial charge is 0.262 e. The highest BCUT2D eigenvalue weighted by Gasteiger charge is 2.21. The molecule has 0 N–H and O–H groups in total. The molecule has 0 saturated carbocycles. The molecule has 8 heteroatoms. The standard InChI is InChI=1S/C26H31N5O2S/c1-33-17-7-14-29-24(32)22-10-5-6-11-23(22)31-25(29)27-30(26(31)34)19-28-15-12-21(13-16-28)18-20-8-3-2-4-9-20/h2-6,8-11,21H,7,12-19H2,1H3. The first kappa shape index (κ1) is 23.0. The van der Waals surface area contributed by atoms with Crippen LogP contribution in [0.3, 0.4) is 0 Å². The van der Waals surface area contributed by atoms with Gasteiger partial charge in [-0.15, -0.1) is 5.10 Å². The van der Waals surface area contributed by atoms with Crippen LogP contribution in [0.1, 0.15) is 24.8 Å². The summed E-state index contributed by atoms with van der Waals surface area (Å²) < 4.78 is 11.4. The summed E-state index contributed by atoms with van der Waals surface area (Å²) in [5.74, 6) is 1.31. The van der Waals surface area contributed by atoms with E-state index in [0.29, 0.717) is 41.7 Å². The second kappa shape index (κ2) is 10.2. The van der Waals surface area contributed by atoms with Gasteiger partial charge in [-0.2, -0.15) is 0 Å². The Morgan fingerprint density at radius 2 is 1.79 bits per heavy atom. The minimum absolute atomic E-state index is 0.0342. The Labute approximate surface area is 204 Å². The fourth-order valence-electron chi connectivity index (χ4n) is 5.00. The monoisotopic (exact) mass is 477 g/mol. The lowest BCUT2D eigenvalue weighted by molar-refractivity contribution is 0.140. The van der Waals surface area contributed by atoms with Gasteiger partial charge in [-0.05, 0) is 61.5 Å². The summed E-state index contributed by atoms with van der Waals surface area (Å²) in [4.78, 5) is 15.7. The van der Waals surface area contributed by atoms with Crippen molar-refractivity contribution in [3.8, 4) is 0 Å². The van der Waals surface area contributed by atoms with E-state index in [1.54, 1.807) is 11.7 Å². The second-order valence-electron chi connectivity index (χ2n) is 9.13. The average molecular weight is 478 g/mol. The molecule has 3 heterocycles. The molecule has 7 nitrogen and oxygen atoms in total. The number of aromatic nitrogens is 4. The van der Waals surface area contributed by atoms with Crippen LogP contribution >= 0.6 is 12.2 Å². The second-order valence-corrected chi connectivity index (χ2v) is 9.50. The molecule has 0 radical (unpaired) electrons. The minimum Gasteiger partial charge on any atom is -0.385 e. The predicted octanol–water partition coefficient (Wildman–Crippen LogP) is 4.13. The molecule has 0 atom stereocenters. The first-order chi connectivity index (χ1) is 16.7. The van der Waals surface area contributed by atoms with Crippen LogP contribution in [-0.4, -0.2) is 50.5 Å². The maximum absolute atomic E-state index is 13.2. The SMILES string of the molecule is COCCCn1c(=O)c2ccccc2n2c(=S)n(CN3CCC(Cc4ccccc4)CC3)nc12. The quantitative estimate of drug-likeness (QED) is 0.282. The molecular weight excluding hydrogens is 446 g/mol. The van der Waals surface area contributed by atoms with Crippen LogP contribution < -0.4 is 5.56 Å². The third-order valence-corrected chi connectivity index (χ3v) is 7.22. The zero-order valence-electron chi connectivity index (χ0n) is 19.6. The molecule has 1 fully saturated rings. The van der Waals surface area contributed by atoms with Crippen LogP contribution in [0.4, 0.5) is 0 Å². The number of methoxy groups -OCH3 is 1. The highest BCUT2D eigenvalue weighted by Crippen LogP contribution is 2.22. The van der Waals surface area contributed by atoms with Crippen molar-refractivity contribution in [2.24, 2.45) is 5.92 Å². The lowest BCUT2D eigenvalue weighted by Gasteiger charge is -2.31. The number of nitrogens with zero attached hydrogens (tertiary/aromatic N) is 5. The third-order valence-electron chi connectivity index (χ3n) is 6.82. The molecule has 5 rings (SSSR count). The number of fused-ring (bicyclic) bond motifs is 3. The van der Waals surface area contributed by atoms with Gasteiger partial charge in [-0.3, -0.25) is 18.7 Å². The van der Waals surface area contributed by atoms with E-state index in [0.717, 1.165) is 31.4 Å². The Kier molecular flexibility index (Phi) is 6.89. The highest BCUT2D eigenvalue weighted by atomic mass is 32.1. The van der Waals surface area contributed by atoms with E-state index in [4.69, 9.17) is 22.1 Å². The lowest BCUT2D eigenvalue weighted by Crippen LogP contribution is -2.36. The van der Waals surface area contributed by atoms with Crippen LogP contribution in [-0.2, 0) is 24.4 Å². The molecule has 1 aliphatic heterocycles. The molecule has 2 aromatic carbocycles. The maximum Gasteiger partial charge on any atom is 0.262 e. The Bertz CT molecular complexity index is 1380. The van der Waals surface area contributed by atoms with Crippen LogP contribution in [0.2, 0.25) is 0 Å². The normalized spacial score (nSPS) is 15.4. The predicted molar refractivity (Wildman–Crippen MR) is 137 cm³/mol. The number of likely N-dealkylation sites (tertiary alicyclic amines) is 1. The fourth-order valence-corrected chi connectivity index (χ4v) is 5.28. The van der Waals surface area contributed by atoms with Gasteiger partial charge in [0.2, 0.25) is 10.5 Å². The van der Waals surface area contributed by atoms with Gasteiger partial charge in [-0.25, -0.2) is 4.68 Å². The van der Waals surface area contributed by atoms with Crippen molar-refractivity contribution < 1.29 is 4.74 Å². The molecule has 1 aliphatic rings. The summed E-state index contributed by atoms with van der Waals surface area (Å²) in [5.41, 5.74) is 2.19. The average Bonchev–Trinajstić information content (AvgIpc) is 3.19. The van der Waals surface area contributed by atoms with E-state index < -0.39 is 0 Å². The van der Waals surface area contributed by atoms with Crippen molar-refractivity contribution in [3.63, 3.8) is 0 Å². The molecule has 0 bridgehead atoms. The number of ether oxygens (including phenoxy) is 1. The Morgan fingerprint density at radius 1 is 1.06 bits per heavy atom. The maximum atomic E-state index is 13.2. The molecule has 0 unspecified atom stereocenters. The van der Waals surface area contributed by atoms with Crippen LogP contribution in [0, 0.1) is 10.7 Å². The van der Waals surface area contributed by atoms with Gasteiger partial charge in [0, 0.05) is 33.4 Å². The molecule has 1 saturated heterocycles. The molecule has 0 aliphatic carbocycles. The number of benzene rings is 2. The number of hydrogen-bond acceptors (Lipinski definition) is 5. The van der Waals surface area contributed by atoms with Crippen molar-refractivity contribution >= 4 is 28.9 Å². The summed E-state index contributed by atoms with van der Waals surface area (Å²) in [6.07, 6.45) is 4.21. The lowest BCUT2D eigenvalue weighted by atomic mass is 9.90. The van der Waals surface area contributed by atoms with Crippen molar-refractivity contribution in [3.05, 3.63) is 75.3 Å². The zero-order chi connectivity index (χ0) is 23.5. The first-order valence-corrected chi connectivity index (χ1v) is 12.4. The Balaban J connectivity index is 1.40. The minimum atomic E-state index is -0.0342. The van der Waals surface area contributed by atoms with Crippen molar-refractivity contribution in [2.75, 3.05) is 26.8 Å². The van der Waals surface area contributed by atoms with Crippen LogP contribution in [0.5, 0.6) is 0 Å². The number of piperidine rings is 1. The third kappa shape index (κ3) is 4.58. The summed E-state index contributed by atoms with van der Waals surface area (Å²) in [6, 6.07) is 18.4. The van der Waals surface area contributed by atoms with Gasteiger partial charge >= 0.3 is 0 Å². The summed E-state index contributed by atoms with van der Waals surface area (Å²) in [7, 11) is 1.67. The van der Waals surface area contributed by atoms with E-state index >= 15 is 0 Å². The van der Waals surface area contributed by atoms with E-state index in [2.05, 4.69) is 35.2 Å². The summed E-state index contributed by atoms with van der Waals surface area (Å²) in [5, 5.41) is 5.50. The first-order valence-electron chi connectivity index (χ1n) is 12.0. The van der Waals surface area contributed by atoms with Gasteiger partial charge in [0.25, 0.3) is 5.56 Å². The molecule has 0 amide bonds. The van der Waals surface area contributed by atoms with Gasteiger partial charge in [0.1, 0.15) is 0 Å². The largest absolute Gasteiger partial charge is 0.385 e. The van der Waals surface area contributed by atoms with Crippen molar-refractivity contribution in [2.45, 2.75) is 38.9 Å². The molecular formula is C26H31N5O2S. The van der Waals surface area contributed by atoms with Crippen LogP contribution in [0.15, 0.2) is 59.4 Å². The Hall–Kier alpha value is -2.81. The Morgan fingerprint density at radius 3 is 2.56 bits per heavy atom. The molecule has 178 valence electrons. The summed E-state index contributed by atoms with van der Waals surface area (Å²) >= 11 is 5.87. The van der Waals surface area contributed by atoms with Gasteiger partial charge < -0.3 is 4.74 Å². The number of hydrogen-bond donors (Lipinski definition) is 0. The van der Waals surface area contributed by atoms with Gasteiger partial charge in [-0.1, -0.05) is 42.5 Å².